The van der Waals surface area contributed by atoms with Crippen LogP contribution in [0.1, 0.15) is 6.42 Å². The van der Waals surface area contributed by atoms with Gasteiger partial charge in [-0.15, -0.1) is 0 Å². The van der Waals surface area contributed by atoms with Crippen molar-refractivity contribution in [2.24, 2.45) is 0 Å². The molecule has 1 saturated heterocycles. The van der Waals surface area contributed by atoms with E-state index in [2.05, 4.69) is 35.6 Å². The summed E-state index contributed by atoms with van der Waals surface area (Å²) in [7, 11) is 0. The van der Waals surface area contributed by atoms with Crippen LogP contribution in [0.3, 0.4) is 0 Å². The average molecular weight is 219 g/mol. The van der Waals surface area contributed by atoms with Crippen molar-refractivity contribution in [1.29, 1.82) is 0 Å². The van der Waals surface area contributed by atoms with Crippen molar-refractivity contribution in [3.8, 4) is 5.06 Å². The van der Waals surface area contributed by atoms with Gasteiger partial charge in [0.25, 0.3) is 0 Å². The van der Waals surface area contributed by atoms with Crippen LogP contribution < -0.4 is 10.1 Å². The molecule has 0 aliphatic carbocycles. The molecule has 2 heterocycles. The molecule has 1 fully saturated rings. The Morgan fingerprint density at radius 2 is 2.27 bits per heavy atom. The van der Waals surface area contributed by atoms with Gasteiger partial charge in [0.05, 0.1) is 0 Å². The summed E-state index contributed by atoms with van der Waals surface area (Å²) in [6.45, 7) is 2.06. The van der Waals surface area contributed by atoms with Gasteiger partial charge in [-0.2, -0.15) is 0 Å². The van der Waals surface area contributed by atoms with Crippen molar-refractivity contribution >= 4 is 21.4 Å². The molecule has 2 aromatic rings. The van der Waals surface area contributed by atoms with Crippen LogP contribution in [0.4, 0.5) is 0 Å². The van der Waals surface area contributed by atoms with Gasteiger partial charge in [0.15, 0.2) is 5.06 Å². The highest BCUT2D eigenvalue weighted by atomic mass is 32.1. The van der Waals surface area contributed by atoms with Gasteiger partial charge >= 0.3 is 0 Å². The molecule has 0 radical (unpaired) electrons. The Labute approximate surface area is 92.9 Å². The van der Waals surface area contributed by atoms with E-state index in [9.17, 15) is 0 Å². The first-order chi connectivity index (χ1) is 7.42. The Morgan fingerprint density at radius 1 is 1.33 bits per heavy atom. The van der Waals surface area contributed by atoms with Crippen molar-refractivity contribution < 1.29 is 4.74 Å². The molecule has 15 heavy (non-hydrogen) atoms. The number of thiophene rings is 1. The number of nitrogens with one attached hydrogen (secondary N) is 1. The van der Waals surface area contributed by atoms with Crippen LogP contribution in [0.5, 0.6) is 5.06 Å². The van der Waals surface area contributed by atoms with Crippen molar-refractivity contribution in [2.45, 2.75) is 12.5 Å². The minimum atomic E-state index is 0.359. The van der Waals surface area contributed by atoms with Gasteiger partial charge in [-0.1, -0.05) is 29.5 Å². The largest absolute Gasteiger partial charge is 0.479 e. The Balaban J connectivity index is 1.84. The second-order valence-electron chi connectivity index (χ2n) is 3.84. The molecule has 0 spiro atoms. The van der Waals surface area contributed by atoms with Crippen LogP contribution in [-0.4, -0.2) is 19.2 Å². The molecule has 0 bridgehead atoms. The second kappa shape index (κ2) is 3.83. The predicted octanol–water partition coefficient (Wildman–Crippen LogP) is 2.64. The van der Waals surface area contributed by atoms with Gasteiger partial charge < -0.3 is 10.1 Å². The highest BCUT2D eigenvalue weighted by molar-refractivity contribution is 7.20. The van der Waals surface area contributed by atoms with Gasteiger partial charge in [0.1, 0.15) is 6.10 Å². The molecule has 1 atom stereocenters. The molecule has 3 rings (SSSR count). The summed E-state index contributed by atoms with van der Waals surface area (Å²) in [6.07, 6.45) is 1.48. The van der Waals surface area contributed by atoms with Crippen LogP contribution in [0, 0.1) is 0 Å². The molecule has 1 aromatic carbocycles. The molecule has 1 aromatic heterocycles. The van der Waals surface area contributed by atoms with E-state index in [-0.39, 0.29) is 0 Å². The Hall–Kier alpha value is -1.06. The molecule has 1 aliphatic rings. The summed E-state index contributed by atoms with van der Waals surface area (Å²) in [5.41, 5.74) is 0. The van der Waals surface area contributed by atoms with Gasteiger partial charge in [-0.3, -0.25) is 0 Å². The number of rotatable bonds is 2. The summed E-state index contributed by atoms with van der Waals surface area (Å²) in [6, 6.07) is 10.5. The lowest BCUT2D eigenvalue weighted by Gasteiger charge is -2.08. The van der Waals surface area contributed by atoms with E-state index >= 15 is 0 Å². The lowest BCUT2D eigenvalue weighted by molar-refractivity contribution is 0.230. The third-order valence-electron chi connectivity index (χ3n) is 2.70. The molecule has 1 aliphatic heterocycles. The van der Waals surface area contributed by atoms with Crippen molar-refractivity contribution in [2.75, 3.05) is 13.1 Å². The summed E-state index contributed by atoms with van der Waals surface area (Å²) in [5, 5.41) is 5.63. The Kier molecular flexibility index (Phi) is 2.35. The minimum Gasteiger partial charge on any atom is -0.479 e. The molecule has 2 nitrogen and oxygen atoms in total. The maximum atomic E-state index is 5.92. The monoisotopic (exact) mass is 219 g/mol. The minimum absolute atomic E-state index is 0.359. The fourth-order valence-electron chi connectivity index (χ4n) is 1.91. The van der Waals surface area contributed by atoms with Crippen molar-refractivity contribution in [1.82, 2.24) is 5.32 Å². The Morgan fingerprint density at radius 3 is 3.07 bits per heavy atom. The first kappa shape index (κ1) is 9.19. The number of hydrogen-bond donors (Lipinski definition) is 1. The van der Waals surface area contributed by atoms with E-state index in [0.717, 1.165) is 24.6 Å². The maximum absolute atomic E-state index is 5.92. The van der Waals surface area contributed by atoms with Crippen LogP contribution in [0.25, 0.3) is 10.1 Å². The van der Waals surface area contributed by atoms with Crippen molar-refractivity contribution in [3.63, 3.8) is 0 Å². The highest BCUT2D eigenvalue weighted by Gasteiger charge is 2.16. The molecule has 3 heteroatoms. The molecule has 0 amide bonds. The fraction of sp³-hybridized carbons (Fsp3) is 0.333. The first-order valence-corrected chi connectivity index (χ1v) is 6.09. The summed E-state index contributed by atoms with van der Waals surface area (Å²) < 4.78 is 7.22. The number of benzene rings is 1. The van der Waals surface area contributed by atoms with E-state index < -0.39 is 0 Å². The first-order valence-electron chi connectivity index (χ1n) is 5.28. The van der Waals surface area contributed by atoms with Crippen molar-refractivity contribution in [3.05, 3.63) is 30.3 Å². The fourth-order valence-corrected chi connectivity index (χ4v) is 2.89. The van der Waals surface area contributed by atoms with Gasteiger partial charge in [0.2, 0.25) is 0 Å². The lowest BCUT2D eigenvalue weighted by Crippen LogP contribution is -2.18. The van der Waals surface area contributed by atoms with Crippen LogP contribution in [0.15, 0.2) is 30.3 Å². The van der Waals surface area contributed by atoms with Gasteiger partial charge in [-0.25, -0.2) is 0 Å². The quantitative estimate of drug-likeness (QED) is 0.838. The molecule has 78 valence electrons. The van der Waals surface area contributed by atoms with E-state index in [4.69, 9.17) is 4.74 Å². The van der Waals surface area contributed by atoms with E-state index in [0.29, 0.717) is 6.10 Å². The van der Waals surface area contributed by atoms with Crippen LogP contribution in [-0.2, 0) is 0 Å². The molecule has 1 N–H and O–H groups in total. The van der Waals surface area contributed by atoms with E-state index in [1.165, 1.54) is 10.1 Å². The SMILES string of the molecule is c1ccc2sc(OC3CCNC3)cc2c1. The summed E-state index contributed by atoms with van der Waals surface area (Å²) >= 11 is 1.73. The van der Waals surface area contributed by atoms with Gasteiger partial charge in [-0.05, 0) is 30.5 Å². The maximum Gasteiger partial charge on any atom is 0.175 e. The molecule has 0 saturated carbocycles. The van der Waals surface area contributed by atoms with Crippen LogP contribution >= 0.6 is 11.3 Å². The summed E-state index contributed by atoms with van der Waals surface area (Å²) in [4.78, 5) is 0. The molecule has 1 unspecified atom stereocenters. The highest BCUT2D eigenvalue weighted by Crippen LogP contribution is 2.32. The lowest BCUT2D eigenvalue weighted by atomic mass is 10.3. The third kappa shape index (κ3) is 1.85. The zero-order chi connectivity index (χ0) is 10.1. The van der Waals surface area contributed by atoms with E-state index in [1.807, 2.05) is 0 Å². The van der Waals surface area contributed by atoms with E-state index in [1.54, 1.807) is 11.3 Å². The number of ether oxygens (including phenoxy) is 1. The average Bonchev–Trinajstić information content (AvgIpc) is 2.86. The third-order valence-corrected chi connectivity index (χ3v) is 3.71. The van der Waals surface area contributed by atoms with Gasteiger partial charge in [0, 0.05) is 11.2 Å². The summed E-state index contributed by atoms with van der Waals surface area (Å²) in [5.74, 6) is 0. The van der Waals surface area contributed by atoms with Crippen LogP contribution in [0.2, 0.25) is 0 Å². The zero-order valence-electron chi connectivity index (χ0n) is 8.40. The zero-order valence-corrected chi connectivity index (χ0v) is 9.22. The number of fused-ring (bicyclic) bond motifs is 1. The topological polar surface area (TPSA) is 21.3 Å². The smallest absolute Gasteiger partial charge is 0.175 e. The predicted molar refractivity (Wildman–Crippen MR) is 63.7 cm³/mol. The number of hydrogen-bond acceptors (Lipinski definition) is 3. The molecular weight excluding hydrogens is 206 g/mol. The normalized spacial score (nSPS) is 20.9. The second-order valence-corrected chi connectivity index (χ2v) is 4.88. The Bertz CT molecular complexity index is 426. The standard InChI is InChI=1S/C12H13NOS/c1-2-4-11-9(3-1)7-12(15-11)14-10-5-6-13-8-10/h1-4,7,10,13H,5-6,8H2. The molecular formula is C12H13NOS.